The molecule has 7 heteroatoms. The summed E-state index contributed by atoms with van der Waals surface area (Å²) in [5.41, 5.74) is 10.5. The van der Waals surface area contributed by atoms with E-state index in [9.17, 15) is 14.4 Å². The summed E-state index contributed by atoms with van der Waals surface area (Å²) >= 11 is 0. The number of piperidine rings is 1. The molecule has 3 aliphatic rings. The van der Waals surface area contributed by atoms with E-state index in [-0.39, 0.29) is 29.7 Å². The zero-order valence-electron chi connectivity index (χ0n) is 16.6. The fourth-order valence-corrected chi connectivity index (χ4v) is 4.51. The molecule has 2 aliphatic heterocycles. The predicted molar refractivity (Wildman–Crippen MR) is 111 cm³/mol. The van der Waals surface area contributed by atoms with Crippen LogP contribution < -0.4 is 16.4 Å². The molecule has 3 amide bonds. The number of nitrogens with one attached hydrogen (secondary N) is 2. The highest BCUT2D eigenvalue weighted by molar-refractivity contribution is 6.05. The minimum Gasteiger partial charge on any atom is -0.399 e. The Kier molecular flexibility index (Phi) is 4.36. The highest BCUT2D eigenvalue weighted by Crippen LogP contribution is 2.46. The van der Waals surface area contributed by atoms with E-state index in [1.54, 1.807) is 4.90 Å². The maximum absolute atomic E-state index is 13.0. The van der Waals surface area contributed by atoms with Gasteiger partial charge < -0.3 is 16.0 Å². The monoisotopic (exact) mass is 404 g/mol. The lowest BCUT2D eigenvalue weighted by molar-refractivity contribution is -0.136. The summed E-state index contributed by atoms with van der Waals surface area (Å²) in [5, 5.41) is 5.98. The van der Waals surface area contributed by atoms with Gasteiger partial charge in [0.05, 0.1) is 0 Å². The third kappa shape index (κ3) is 3.25. The van der Waals surface area contributed by atoms with Gasteiger partial charge in [0.2, 0.25) is 11.8 Å². The molecule has 5 rings (SSSR count). The molecule has 1 saturated heterocycles. The van der Waals surface area contributed by atoms with Gasteiger partial charge in [0.25, 0.3) is 5.91 Å². The average molecular weight is 404 g/mol. The molecule has 154 valence electrons. The standard InChI is InChI=1S/C23H24N4O3/c24-17-3-1-2-16(11-17)23(8-9-23)25-12-14-4-5-15-13-27(22(30)18(15)10-14)19-6-7-20(28)26-21(19)29/h1-5,10-11,19,25H,6-9,12-13,24H2,(H,26,28,29). The molecule has 7 nitrogen and oxygen atoms in total. The van der Waals surface area contributed by atoms with E-state index < -0.39 is 6.04 Å². The summed E-state index contributed by atoms with van der Waals surface area (Å²) in [6.07, 6.45) is 2.76. The third-order valence-corrected chi connectivity index (χ3v) is 6.41. The SMILES string of the molecule is Nc1cccc(C2(NCc3ccc4c(c3)C(=O)N(C3CCC(=O)NC3=O)C4)CC2)c1. The first-order valence-corrected chi connectivity index (χ1v) is 10.3. The van der Waals surface area contributed by atoms with Gasteiger partial charge in [0.15, 0.2) is 0 Å². The highest BCUT2D eigenvalue weighted by atomic mass is 16.2. The molecule has 1 aliphatic carbocycles. The van der Waals surface area contributed by atoms with Crippen LogP contribution in [0.25, 0.3) is 0 Å². The number of carbonyl (C=O) groups excluding carboxylic acids is 3. The molecule has 2 fully saturated rings. The predicted octanol–water partition coefficient (Wildman–Crippen LogP) is 1.81. The minimum atomic E-state index is -0.581. The first kappa shape index (κ1) is 18.8. The van der Waals surface area contributed by atoms with Crippen LogP contribution in [0.1, 0.15) is 52.7 Å². The van der Waals surface area contributed by atoms with Gasteiger partial charge in [-0.15, -0.1) is 0 Å². The van der Waals surface area contributed by atoms with Gasteiger partial charge in [0.1, 0.15) is 6.04 Å². The Morgan fingerprint density at radius 1 is 1.13 bits per heavy atom. The third-order valence-electron chi connectivity index (χ3n) is 6.41. The summed E-state index contributed by atoms with van der Waals surface area (Å²) in [5.74, 6) is -0.798. The summed E-state index contributed by atoms with van der Waals surface area (Å²) in [6, 6.07) is 13.3. The second-order valence-electron chi connectivity index (χ2n) is 8.45. The zero-order valence-corrected chi connectivity index (χ0v) is 16.6. The molecule has 1 saturated carbocycles. The number of benzene rings is 2. The number of fused-ring (bicyclic) bond motifs is 1. The second kappa shape index (κ2) is 6.95. The van der Waals surface area contributed by atoms with E-state index in [0.717, 1.165) is 29.7 Å². The molecule has 2 heterocycles. The molecular formula is C23H24N4O3. The van der Waals surface area contributed by atoms with Crippen molar-refractivity contribution in [1.29, 1.82) is 0 Å². The summed E-state index contributed by atoms with van der Waals surface area (Å²) < 4.78 is 0. The van der Waals surface area contributed by atoms with E-state index in [1.807, 2.05) is 36.4 Å². The Bertz CT molecular complexity index is 1060. The van der Waals surface area contributed by atoms with E-state index in [1.165, 1.54) is 5.56 Å². The van der Waals surface area contributed by atoms with Crippen molar-refractivity contribution in [2.24, 2.45) is 0 Å². The van der Waals surface area contributed by atoms with Gasteiger partial charge >= 0.3 is 0 Å². The molecule has 0 spiro atoms. The molecule has 0 radical (unpaired) electrons. The van der Waals surface area contributed by atoms with E-state index >= 15 is 0 Å². The van der Waals surface area contributed by atoms with Crippen LogP contribution in [0.3, 0.4) is 0 Å². The van der Waals surface area contributed by atoms with Crippen molar-refractivity contribution in [2.45, 2.75) is 50.4 Å². The molecule has 30 heavy (non-hydrogen) atoms. The minimum absolute atomic E-state index is 0.0445. The molecule has 2 aromatic carbocycles. The number of nitrogens with two attached hydrogens (primary N) is 1. The fraction of sp³-hybridized carbons (Fsp3) is 0.348. The zero-order chi connectivity index (χ0) is 20.9. The van der Waals surface area contributed by atoms with Gasteiger partial charge in [-0.2, -0.15) is 0 Å². The van der Waals surface area contributed by atoms with Crippen LogP contribution in [0, 0.1) is 0 Å². The Labute approximate surface area is 174 Å². The molecule has 2 aromatic rings. The number of amides is 3. The van der Waals surface area contributed by atoms with Gasteiger partial charge in [-0.3, -0.25) is 19.7 Å². The Morgan fingerprint density at radius 2 is 1.97 bits per heavy atom. The number of nitrogen functional groups attached to an aromatic ring is 1. The van der Waals surface area contributed by atoms with Gasteiger partial charge in [0, 0.05) is 36.3 Å². The first-order valence-electron chi connectivity index (χ1n) is 10.3. The lowest BCUT2D eigenvalue weighted by Gasteiger charge is -2.29. The van der Waals surface area contributed by atoms with Crippen LogP contribution in [-0.4, -0.2) is 28.7 Å². The van der Waals surface area contributed by atoms with Gasteiger partial charge in [-0.1, -0.05) is 24.3 Å². The second-order valence-corrected chi connectivity index (χ2v) is 8.45. The summed E-state index contributed by atoms with van der Waals surface area (Å²) in [6.45, 7) is 1.05. The number of nitrogens with zero attached hydrogens (tertiary/aromatic N) is 1. The van der Waals surface area contributed by atoms with Crippen LogP contribution in [-0.2, 0) is 28.2 Å². The van der Waals surface area contributed by atoms with E-state index in [0.29, 0.717) is 25.1 Å². The molecule has 0 aromatic heterocycles. The van der Waals surface area contributed by atoms with Crippen molar-refractivity contribution in [3.63, 3.8) is 0 Å². The number of imide groups is 1. The van der Waals surface area contributed by atoms with Crippen molar-refractivity contribution in [3.8, 4) is 0 Å². The number of rotatable bonds is 5. The van der Waals surface area contributed by atoms with Crippen molar-refractivity contribution in [2.75, 3.05) is 5.73 Å². The van der Waals surface area contributed by atoms with Crippen LogP contribution in [0.2, 0.25) is 0 Å². The fourth-order valence-electron chi connectivity index (χ4n) is 4.51. The van der Waals surface area contributed by atoms with Crippen LogP contribution in [0.4, 0.5) is 5.69 Å². The van der Waals surface area contributed by atoms with Crippen LogP contribution in [0.5, 0.6) is 0 Å². The first-order chi connectivity index (χ1) is 14.4. The lowest BCUT2D eigenvalue weighted by Crippen LogP contribution is -2.52. The van der Waals surface area contributed by atoms with Crippen molar-refractivity contribution in [3.05, 3.63) is 64.7 Å². The van der Waals surface area contributed by atoms with Crippen molar-refractivity contribution < 1.29 is 14.4 Å². The van der Waals surface area contributed by atoms with Crippen molar-refractivity contribution >= 4 is 23.4 Å². The number of carbonyl (C=O) groups is 3. The molecule has 4 N–H and O–H groups in total. The maximum atomic E-state index is 13.0. The Balaban J connectivity index is 1.30. The van der Waals surface area contributed by atoms with E-state index in [2.05, 4.69) is 16.7 Å². The largest absolute Gasteiger partial charge is 0.399 e. The maximum Gasteiger partial charge on any atom is 0.255 e. The number of anilines is 1. The normalized spacial score (nSPS) is 22.1. The van der Waals surface area contributed by atoms with Crippen LogP contribution >= 0.6 is 0 Å². The molecule has 0 bridgehead atoms. The molecule has 1 unspecified atom stereocenters. The van der Waals surface area contributed by atoms with Crippen molar-refractivity contribution in [1.82, 2.24) is 15.5 Å². The number of hydrogen-bond acceptors (Lipinski definition) is 5. The summed E-state index contributed by atoms with van der Waals surface area (Å²) in [4.78, 5) is 38.2. The smallest absolute Gasteiger partial charge is 0.255 e. The molecule has 1 atom stereocenters. The van der Waals surface area contributed by atoms with E-state index in [4.69, 9.17) is 5.73 Å². The highest BCUT2D eigenvalue weighted by Gasteiger charge is 2.44. The Morgan fingerprint density at radius 3 is 2.70 bits per heavy atom. The Hall–Kier alpha value is -3.19. The van der Waals surface area contributed by atoms with Crippen LogP contribution in [0.15, 0.2) is 42.5 Å². The number of hydrogen-bond donors (Lipinski definition) is 3. The van der Waals surface area contributed by atoms with Gasteiger partial charge in [-0.05, 0) is 54.2 Å². The topological polar surface area (TPSA) is 105 Å². The quantitative estimate of drug-likeness (QED) is 0.521. The average Bonchev–Trinajstić information content (AvgIpc) is 3.46. The summed E-state index contributed by atoms with van der Waals surface area (Å²) in [7, 11) is 0. The lowest BCUT2D eigenvalue weighted by atomic mass is 10.0. The van der Waals surface area contributed by atoms with Gasteiger partial charge in [-0.25, -0.2) is 0 Å². The molecular weight excluding hydrogens is 380 g/mol.